The summed E-state index contributed by atoms with van der Waals surface area (Å²) in [4.78, 5) is 12.2. The minimum absolute atomic E-state index is 0.0341. The molecule has 1 unspecified atom stereocenters. The number of carbonyl (C=O) groups excluding carboxylic acids is 1. The summed E-state index contributed by atoms with van der Waals surface area (Å²) >= 11 is 0. The van der Waals surface area contributed by atoms with Gasteiger partial charge in [-0.3, -0.25) is 14.2 Å². The lowest BCUT2D eigenvalue weighted by Crippen LogP contribution is -2.19. The number of aryl methyl sites for hydroxylation is 3. The molecule has 0 saturated heterocycles. The maximum absolute atomic E-state index is 12.2. The Hall–Kier alpha value is -3.61. The predicted octanol–water partition coefficient (Wildman–Crippen LogP) is 5.12. The predicted molar refractivity (Wildman–Crippen MR) is 131 cm³/mol. The third-order valence-corrected chi connectivity index (χ3v) is 5.58. The van der Waals surface area contributed by atoms with Crippen molar-refractivity contribution < 1.29 is 4.79 Å². The van der Waals surface area contributed by atoms with Gasteiger partial charge in [-0.25, -0.2) is 0 Å². The van der Waals surface area contributed by atoms with Crippen LogP contribution in [0.15, 0.2) is 42.7 Å². The number of nitrogens with zero attached hydrogens (tertiary/aromatic N) is 4. The molecule has 7 nitrogen and oxygen atoms in total. The summed E-state index contributed by atoms with van der Waals surface area (Å²) in [7, 11) is 3.86. The molecule has 7 heteroatoms. The Morgan fingerprint density at radius 2 is 1.88 bits per heavy atom. The lowest BCUT2D eigenvalue weighted by Gasteiger charge is -2.18. The van der Waals surface area contributed by atoms with E-state index in [0.717, 1.165) is 50.2 Å². The highest BCUT2D eigenvalue weighted by Crippen LogP contribution is 2.40. The number of benzene rings is 2. The molecule has 166 valence electrons. The van der Waals surface area contributed by atoms with E-state index in [4.69, 9.17) is 5.10 Å². The van der Waals surface area contributed by atoms with Crippen LogP contribution in [-0.2, 0) is 18.9 Å². The second-order valence-corrected chi connectivity index (χ2v) is 8.14. The summed E-state index contributed by atoms with van der Waals surface area (Å²) in [5, 5.41) is 16.7. The van der Waals surface area contributed by atoms with Gasteiger partial charge in [0.2, 0.25) is 5.91 Å². The van der Waals surface area contributed by atoms with Crippen LogP contribution >= 0.6 is 0 Å². The van der Waals surface area contributed by atoms with Gasteiger partial charge in [0.1, 0.15) is 5.69 Å². The van der Waals surface area contributed by atoms with Crippen molar-refractivity contribution in [2.24, 2.45) is 14.1 Å². The first-order valence-corrected chi connectivity index (χ1v) is 11.1. The van der Waals surface area contributed by atoms with Crippen molar-refractivity contribution in [2.75, 3.05) is 10.6 Å². The average Bonchev–Trinajstić information content (AvgIpc) is 3.29. The molecule has 2 aromatic carbocycles. The zero-order valence-electron chi connectivity index (χ0n) is 19.5. The Labute approximate surface area is 188 Å². The van der Waals surface area contributed by atoms with Crippen LogP contribution in [0, 0.1) is 6.92 Å². The highest BCUT2D eigenvalue weighted by Gasteiger charge is 2.22. The molecule has 3 heterocycles. The number of aromatic nitrogens is 4. The minimum Gasteiger partial charge on any atom is -0.380 e. The molecule has 1 aliphatic rings. The molecule has 0 fully saturated rings. The smallest absolute Gasteiger partial charge is 0.226 e. The maximum atomic E-state index is 12.2. The van der Waals surface area contributed by atoms with Crippen LogP contribution in [-0.4, -0.2) is 31.5 Å². The maximum Gasteiger partial charge on any atom is 0.226 e. The fourth-order valence-corrected chi connectivity index (χ4v) is 4.23. The van der Waals surface area contributed by atoms with Crippen molar-refractivity contribution in [3.8, 4) is 22.4 Å². The lowest BCUT2D eigenvalue weighted by atomic mass is 9.97. The van der Waals surface area contributed by atoms with Gasteiger partial charge < -0.3 is 10.6 Å². The normalized spacial score (nSPS) is 15.3. The van der Waals surface area contributed by atoms with Gasteiger partial charge in [-0.05, 0) is 49.2 Å². The Morgan fingerprint density at radius 3 is 2.59 bits per heavy atom. The van der Waals surface area contributed by atoms with Crippen molar-refractivity contribution in [3.63, 3.8) is 0 Å². The van der Waals surface area contributed by atoms with Gasteiger partial charge in [0, 0.05) is 49.3 Å². The number of carbonyl (C=O) groups is 1. The van der Waals surface area contributed by atoms with E-state index in [1.165, 1.54) is 0 Å². The summed E-state index contributed by atoms with van der Waals surface area (Å²) in [5.41, 5.74) is 8.00. The van der Waals surface area contributed by atoms with E-state index < -0.39 is 0 Å². The van der Waals surface area contributed by atoms with E-state index in [1.54, 1.807) is 4.68 Å². The molecule has 5 rings (SSSR count). The van der Waals surface area contributed by atoms with E-state index in [1.807, 2.05) is 64.9 Å². The van der Waals surface area contributed by atoms with E-state index in [9.17, 15) is 4.79 Å². The third-order valence-electron chi connectivity index (χ3n) is 5.58. The standard InChI is InChI=1S/C23H24N6O.C2H6/c1-13-7-17(23-19(8-13)26-21(30)9-14(2)25-23)15-5-6-20-18(10-15)22(27-29(20)4)16-11-24-28(3)12-16;1-2/h5-8,10-12,14,25H,9H2,1-4H3,(H,26,30);1-2H3. The first-order chi connectivity index (χ1) is 15.4. The van der Waals surface area contributed by atoms with Crippen LogP contribution in [0.1, 0.15) is 32.8 Å². The quantitative estimate of drug-likeness (QED) is 0.463. The summed E-state index contributed by atoms with van der Waals surface area (Å²) in [6, 6.07) is 10.6. The number of hydrogen-bond donors (Lipinski definition) is 2. The monoisotopic (exact) mass is 430 g/mol. The van der Waals surface area contributed by atoms with Crippen molar-refractivity contribution in [1.29, 1.82) is 0 Å². The van der Waals surface area contributed by atoms with Gasteiger partial charge >= 0.3 is 0 Å². The zero-order valence-corrected chi connectivity index (χ0v) is 19.5. The SMILES string of the molecule is CC.Cc1cc2c(c(-c3ccc4c(c3)c(-c3cnn(C)c3)nn4C)c1)NC(C)CC(=O)N2. The molecule has 1 amide bonds. The first kappa shape index (κ1) is 21.6. The van der Waals surface area contributed by atoms with Crippen molar-refractivity contribution >= 4 is 28.2 Å². The van der Waals surface area contributed by atoms with Crippen molar-refractivity contribution in [1.82, 2.24) is 19.6 Å². The number of amides is 1. The fourth-order valence-electron chi connectivity index (χ4n) is 4.23. The molecule has 1 aliphatic heterocycles. The van der Waals surface area contributed by atoms with Gasteiger partial charge in [0.15, 0.2) is 0 Å². The number of nitrogens with one attached hydrogen (secondary N) is 2. The Balaban J connectivity index is 0.00000119. The van der Waals surface area contributed by atoms with Gasteiger partial charge in [0.05, 0.1) is 23.1 Å². The first-order valence-electron chi connectivity index (χ1n) is 11.1. The molecular formula is C25H30N6O. The summed E-state index contributed by atoms with van der Waals surface area (Å²) in [6.07, 6.45) is 4.26. The van der Waals surface area contributed by atoms with Crippen LogP contribution in [0.3, 0.4) is 0 Å². The van der Waals surface area contributed by atoms with Gasteiger partial charge in [-0.15, -0.1) is 0 Å². The number of fused-ring (bicyclic) bond motifs is 2. The van der Waals surface area contributed by atoms with Crippen LogP contribution in [0.5, 0.6) is 0 Å². The van der Waals surface area contributed by atoms with E-state index in [2.05, 4.69) is 40.0 Å². The molecular weight excluding hydrogens is 400 g/mol. The van der Waals surface area contributed by atoms with Gasteiger partial charge in [-0.2, -0.15) is 10.2 Å². The average molecular weight is 431 g/mol. The highest BCUT2D eigenvalue weighted by molar-refractivity contribution is 6.02. The molecule has 0 radical (unpaired) electrons. The summed E-state index contributed by atoms with van der Waals surface area (Å²) in [5.74, 6) is 0.0341. The second-order valence-electron chi connectivity index (χ2n) is 8.14. The van der Waals surface area contributed by atoms with E-state index in [0.29, 0.717) is 6.42 Å². The zero-order chi connectivity index (χ0) is 23.0. The van der Waals surface area contributed by atoms with Crippen LogP contribution in [0.2, 0.25) is 0 Å². The highest BCUT2D eigenvalue weighted by atomic mass is 16.1. The number of rotatable bonds is 2. The fraction of sp³-hybridized carbons (Fsp3) is 0.320. The molecule has 4 aromatic rings. The van der Waals surface area contributed by atoms with Gasteiger partial charge in [0.25, 0.3) is 0 Å². The summed E-state index contributed by atoms with van der Waals surface area (Å²) < 4.78 is 3.69. The third kappa shape index (κ3) is 3.86. The Bertz CT molecular complexity index is 1300. The summed E-state index contributed by atoms with van der Waals surface area (Å²) in [6.45, 7) is 8.08. The van der Waals surface area contributed by atoms with Crippen LogP contribution in [0.25, 0.3) is 33.3 Å². The molecule has 0 bridgehead atoms. The van der Waals surface area contributed by atoms with E-state index >= 15 is 0 Å². The van der Waals surface area contributed by atoms with E-state index in [-0.39, 0.29) is 11.9 Å². The molecule has 32 heavy (non-hydrogen) atoms. The molecule has 0 aliphatic carbocycles. The van der Waals surface area contributed by atoms with Crippen LogP contribution < -0.4 is 10.6 Å². The number of anilines is 2. The Morgan fingerprint density at radius 1 is 1.09 bits per heavy atom. The molecule has 2 N–H and O–H groups in total. The molecule has 1 atom stereocenters. The van der Waals surface area contributed by atoms with Crippen molar-refractivity contribution in [3.05, 3.63) is 48.3 Å². The minimum atomic E-state index is 0.0341. The molecule has 0 saturated carbocycles. The number of hydrogen-bond acceptors (Lipinski definition) is 4. The Kier molecular flexibility index (Phi) is 5.74. The van der Waals surface area contributed by atoms with Gasteiger partial charge in [-0.1, -0.05) is 19.9 Å². The molecule has 2 aromatic heterocycles. The molecule has 0 spiro atoms. The topological polar surface area (TPSA) is 76.8 Å². The van der Waals surface area contributed by atoms with Crippen LogP contribution in [0.4, 0.5) is 11.4 Å². The second kappa shape index (κ2) is 8.49. The lowest BCUT2D eigenvalue weighted by molar-refractivity contribution is -0.116. The van der Waals surface area contributed by atoms with Crippen molar-refractivity contribution in [2.45, 2.75) is 40.2 Å². The largest absolute Gasteiger partial charge is 0.380 e.